The zero-order valence-corrected chi connectivity index (χ0v) is 14.6. The van der Waals surface area contributed by atoms with Crippen molar-refractivity contribution in [1.82, 2.24) is 9.97 Å². The fourth-order valence-corrected chi connectivity index (χ4v) is 3.30. The van der Waals surface area contributed by atoms with Crippen molar-refractivity contribution in [3.8, 4) is 23.0 Å². The zero-order valence-electron chi connectivity index (χ0n) is 14.6. The van der Waals surface area contributed by atoms with Crippen LogP contribution in [0.2, 0.25) is 0 Å². The number of nitrogens with one attached hydrogen (secondary N) is 1. The number of pyridine rings is 1. The third kappa shape index (κ3) is 2.59. The fourth-order valence-electron chi connectivity index (χ4n) is 3.30. The monoisotopic (exact) mass is 369 g/mol. The van der Waals surface area contributed by atoms with E-state index in [2.05, 4.69) is 15.0 Å². The first-order valence-corrected chi connectivity index (χ1v) is 8.70. The first kappa shape index (κ1) is 16.1. The Labute approximate surface area is 159 Å². The molecule has 0 aliphatic rings. The quantitative estimate of drug-likeness (QED) is 0.384. The minimum Gasteiger partial charge on any atom is -0.507 e. The highest BCUT2D eigenvalue weighted by Gasteiger charge is 2.13. The number of phenolic OH excluding ortho intramolecular Hbond substituents is 1. The third-order valence-corrected chi connectivity index (χ3v) is 4.69. The summed E-state index contributed by atoms with van der Waals surface area (Å²) in [6.45, 7) is 0. The molecule has 0 unspecified atom stereocenters. The Kier molecular flexibility index (Phi) is 3.62. The summed E-state index contributed by atoms with van der Waals surface area (Å²) < 4.78 is 5.43. The normalized spacial score (nSPS) is 11.7. The molecule has 0 bridgehead atoms. The number of nitrogens with zero attached hydrogens (tertiary/aromatic N) is 2. The lowest BCUT2D eigenvalue weighted by atomic mass is 10.1. The zero-order chi connectivity index (χ0) is 19.1. The summed E-state index contributed by atoms with van der Waals surface area (Å²) in [5, 5.41) is 22.7. The molecule has 0 radical (unpaired) electrons. The third-order valence-electron chi connectivity index (χ3n) is 4.69. The van der Waals surface area contributed by atoms with Crippen LogP contribution in [-0.2, 0) is 0 Å². The lowest BCUT2D eigenvalue weighted by Crippen LogP contribution is -1.83. The highest BCUT2D eigenvalue weighted by molar-refractivity contribution is 6.04. The van der Waals surface area contributed by atoms with Gasteiger partial charge in [-0.15, -0.1) is 0 Å². The maximum absolute atomic E-state index is 10.3. The van der Waals surface area contributed by atoms with Crippen molar-refractivity contribution in [2.75, 3.05) is 0 Å². The average Bonchev–Trinajstić information content (AvgIpc) is 3.35. The summed E-state index contributed by atoms with van der Waals surface area (Å²) in [6, 6.07) is 16.4. The molecule has 5 rings (SSSR count). The summed E-state index contributed by atoms with van der Waals surface area (Å²) in [6.07, 6.45) is 4.89. The number of furan rings is 1. The summed E-state index contributed by atoms with van der Waals surface area (Å²) in [5.74, 6) is 0.894. The van der Waals surface area contributed by atoms with Crippen molar-refractivity contribution < 1.29 is 14.6 Å². The van der Waals surface area contributed by atoms with E-state index in [0.717, 1.165) is 21.7 Å². The summed E-state index contributed by atoms with van der Waals surface area (Å²) in [4.78, 5) is 11.8. The predicted molar refractivity (Wildman–Crippen MR) is 108 cm³/mol. The Morgan fingerprint density at radius 1 is 0.964 bits per heavy atom. The lowest BCUT2D eigenvalue weighted by Gasteiger charge is -2.04. The number of aliphatic imine (C=N–C) groups is 1. The number of hydrogen-bond acceptors (Lipinski definition) is 5. The lowest BCUT2D eigenvalue weighted by molar-refractivity contribution is 0.457. The van der Waals surface area contributed by atoms with Crippen LogP contribution in [0.5, 0.6) is 11.6 Å². The van der Waals surface area contributed by atoms with Crippen molar-refractivity contribution >= 4 is 33.7 Å². The number of aromatic hydroxyl groups is 2. The second-order valence-corrected chi connectivity index (χ2v) is 6.39. The molecule has 28 heavy (non-hydrogen) atoms. The molecule has 2 aromatic carbocycles. The van der Waals surface area contributed by atoms with E-state index in [4.69, 9.17) is 4.42 Å². The largest absolute Gasteiger partial charge is 0.507 e. The molecule has 6 nitrogen and oxygen atoms in total. The number of hydrogen-bond donors (Lipinski definition) is 3. The van der Waals surface area contributed by atoms with Crippen molar-refractivity contribution in [3.63, 3.8) is 0 Å². The van der Waals surface area contributed by atoms with Crippen LogP contribution >= 0.6 is 0 Å². The Bertz CT molecular complexity index is 1330. The highest BCUT2D eigenvalue weighted by Crippen LogP contribution is 2.33. The average molecular weight is 369 g/mol. The van der Waals surface area contributed by atoms with Gasteiger partial charge in [0.15, 0.2) is 5.88 Å². The Morgan fingerprint density at radius 3 is 2.64 bits per heavy atom. The number of H-pyrrole nitrogens is 1. The van der Waals surface area contributed by atoms with E-state index in [1.807, 2.05) is 42.5 Å². The number of aromatic amines is 1. The van der Waals surface area contributed by atoms with Crippen LogP contribution in [0.4, 0.5) is 5.69 Å². The molecule has 3 heterocycles. The molecule has 0 fully saturated rings. The van der Waals surface area contributed by atoms with Gasteiger partial charge in [-0.1, -0.05) is 24.3 Å². The molecule has 3 aromatic heterocycles. The van der Waals surface area contributed by atoms with E-state index >= 15 is 0 Å². The minimum absolute atomic E-state index is 0.00840. The molecular weight excluding hydrogens is 354 g/mol. The molecule has 0 amide bonds. The van der Waals surface area contributed by atoms with Gasteiger partial charge in [0, 0.05) is 34.1 Å². The number of aromatic nitrogens is 2. The molecule has 0 atom stereocenters. The van der Waals surface area contributed by atoms with Crippen molar-refractivity contribution in [1.29, 1.82) is 0 Å². The van der Waals surface area contributed by atoms with Gasteiger partial charge >= 0.3 is 0 Å². The Hall–Kier alpha value is -4.06. The van der Waals surface area contributed by atoms with Crippen LogP contribution in [-0.4, -0.2) is 26.4 Å². The van der Waals surface area contributed by atoms with Gasteiger partial charge in [-0.2, -0.15) is 0 Å². The molecule has 6 heteroatoms. The molecule has 0 spiro atoms. The van der Waals surface area contributed by atoms with E-state index in [1.54, 1.807) is 30.8 Å². The topological polar surface area (TPSA) is 94.6 Å². The molecule has 0 aliphatic carbocycles. The van der Waals surface area contributed by atoms with Gasteiger partial charge in [-0.3, -0.25) is 4.99 Å². The van der Waals surface area contributed by atoms with Gasteiger partial charge in [-0.25, -0.2) is 4.98 Å². The smallest absolute Gasteiger partial charge is 0.199 e. The van der Waals surface area contributed by atoms with Crippen molar-refractivity contribution in [2.24, 2.45) is 4.99 Å². The minimum atomic E-state index is -0.00840. The van der Waals surface area contributed by atoms with Gasteiger partial charge in [0.25, 0.3) is 0 Å². The van der Waals surface area contributed by atoms with Gasteiger partial charge in [0.1, 0.15) is 17.2 Å². The molecular formula is C22H15N3O3. The fraction of sp³-hybridized carbons (Fsp3) is 0. The summed E-state index contributed by atoms with van der Waals surface area (Å²) in [5.41, 5.74) is 2.59. The van der Waals surface area contributed by atoms with Crippen molar-refractivity contribution in [3.05, 3.63) is 72.6 Å². The van der Waals surface area contributed by atoms with E-state index in [9.17, 15) is 10.2 Å². The van der Waals surface area contributed by atoms with E-state index in [0.29, 0.717) is 22.7 Å². The van der Waals surface area contributed by atoms with E-state index < -0.39 is 0 Å². The number of rotatable bonds is 3. The first-order chi connectivity index (χ1) is 13.7. The molecule has 0 saturated heterocycles. The Balaban J connectivity index is 1.63. The first-order valence-electron chi connectivity index (χ1n) is 8.70. The van der Waals surface area contributed by atoms with E-state index in [1.165, 1.54) is 0 Å². The summed E-state index contributed by atoms with van der Waals surface area (Å²) in [7, 11) is 0. The highest BCUT2D eigenvalue weighted by atomic mass is 16.3. The van der Waals surface area contributed by atoms with Crippen LogP contribution in [0.1, 0.15) is 5.56 Å². The molecule has 0 saturated carbocycles. The van der Waals surface area contributed by atoms with E-state index in [-0.39, 0.29) is 11.6 Å². The maximum Gasteiger partial charge on any atom is 0.199 e. The van der Waals surface area contributed by atoms with Gasteiger partial charge in [-0.05, 0) is 30.3 Å². The standard InChI is InChI=1S/C22H15N3O3/c26-19-8-7-18(14-4-1-2-5-15(14)19)23-12-17-16-10-13(20-6-3-9-28-20)11-24-21(16)25-22(17)27/h1-12,26-27H,(H,24,25). The van der Waals surface area contributed by atoms with Crippen molar-refractivity contribution in [2.45, 2.75) is 0 Å². The molecule has 136 valence electrons. The molecule has 5 aromatic rings. The SMILES string of the molecule is Oc1[nH]c2ncc(-c3ccco3)cc2c1C=Nc1ccc(O)c2ccccc12. The van der Waals surface area contributed by atoms with Crippen LogP contribution in [0, 0.1) is 0 Å². The van der Waals surface area contributed by atoms with Gasteiger partial charge < -0.3 is 19.6 Å². The van der Waals surface area contributed by atoms with Crippen LogP contribution in [0.3, 0.4) is 0 Å². The Morgan fingerprint density at radius 2 is 1.82 bits per heavy atom. The van der Waals surface area contributed by atoms with Crippen LogP contribution < -0.4 is 0 Å². The number of fused-ring (bicyclic) bond motifs is 2. The summed E-state index contributed by atoms with van der Waals surface area (Å²) >= 11 is 0. The number of benzene rings is 2. The van der Waals surface area contributed by atoms with Crippen LogP contribution in [0.15, 0.2) is 76.5 Å². The molecule has 3 N–H and O–H groups in total. The molecule has 0 aliphatic heterocycles. The maximum atomic E-state index is 10.3. The number of phenols is 1. The second-order valence-electron chi connectivity index (χ2n) is 6.39. The predicted octanol–water partition coefficient (Wildman–Crippen LogP) is 5.14. The van der Waals surface area contributed by atoms with Gasteiger partial charge in [0.05, 0.1) is 17.5 Å². The van der Waals surface area contributed by atoms with Crippen LogP contribution in [0.25, 0.3) is 33.1 Å². The van der Waals surface area contributed by atoms with Gasteiger partial charge in [0.2, 0.25) is 0 Å². The second kappa shape index (κ2) is 6.28.